The molecule has 1 fully saturated rings. The summed E-state index contributed by atoms with van der Waals surface area (Å²) in [5.41, 5.74) is 1.47. The topological polar surface area (TPSA) is 213 Å². The number of nitrogens with zero attached hydrogens (tertiary/aromatic N) is 5. The van der Waals surface area contributed by atoms with Crippen molar-refractivity contribution in [2.75, 3.05) is 17.8 Å². The zero-order chi connectivity index (χ0) is 25.4. The fourth-order valence-corrected chi connectivity index (χ4v) is 6.70. The van der Waals surface area contributed by atoms with Gasteiger partial charge in [0.2, 0.25) is 5.28 Å². The lowest BCUT2D eigenvalue weighted by Crippen LogP contribution is -2.31. The predicted molar refractivity (Wildman–Crippen MR) is 124 cm³/mol. The Bertz CT molecular complexity index is 1290. The van der Waals surface area contributed by atoms with Crippen LogP contribution < -0.4 is 5.32 Å². The first-order chi connectivity index (χ1) is 16.4. The molecule has 17 heteroatoms. The molecule has 0 spiro atoms. The summed E-state index contributed by atoms with van der Waals surface area (Å²) >= 11 is 6.10. The van der Waals surface area contributed by atoms with Crippen LogP contribution in [0, 0.1) is 5.92 Å². The van der Waals surface area contributed by atoms with E-state index in [9.17, 15) is 24.2 Å². The van der Waals surface area contributed by atoms with Gasteiger partial charge >= 0.3 is 15.2 Å². The highest BCUT2D eigenvalue weighted by atomic mass is 35.5. The van der Waals surface area contributed by atoms with Gasteiger partial charge in [0.1, 0.15) is 6.10 Å². The van der Waals surface area contributed by atoms with Crippen LogP contribution in [0.4, 0.5) is 5.82 Å². The van der Waals surface area contributed by atoms with Crippen molar-refractivity contribution in [2.45, 2.75) is 31.2 Å². The van der Waals surface area contributed by atoms with Gasteiger partial charge in [-0.3, -0.25) is 9.13 Å². The number of hydrogen-bond donors (Lipinski definition) is 6. The van der Waals surface area contributed by atoms with Crippen molar-refractivity contribution in [3.05, 3.63) is 41.2 Å². The quantitative estimate of drug-likeness (QED) is 0.163. The summed E-state index contributed by atoms with van der Waals surface area (Å²) in [5, 5.41) is 32.3. The molecule has 1 aromatic carbocycles. The van der Waals surface area contributed by atoms with E-state index >= 15 is 0 Å². The van der Waals surface area contributed by atoms with E-state index in [1.807, 2.05) is 30.3 Å². The van der Waals surface area contributed by atoms with Crippen molar-refractivity contribution in [3.8, 4) is 0 Å². The van der Waals surface area contributed by atoms with E-state index in [1.54, 1.807) is 0 Å². The lowest BCUT2D eigenvalue weighted by atomic mass is 10.1. The number of aliphatic hydroxyl groups excluding tert-OH is 2. The maximum absolute atomic E-state index is 11.9. The van der Waals surface area contributed by atoms with E-state index in [4.69, 9.17) is 25.9 Å². The molecular weight excluding hydrogens is 526 g/mol. The molecule has 1 aliphatic carbocycles. The first-order valence-electron chi connectivity index (χ1n) is 10.4. The summed E-state index contributed by atoms with van der Waals surface area (Å²) in [6, 6.07) is 8.69. The number of aromatic nitrogens is 5. The number of fused-ring (bicyclic) bond motifs is 1. The van der Waals surface area contributed by atoms with E-state index in [1.165, 1.54) is 4.68 Å². The summed E-state index contributed by atoms with van der Waals surface area (Å²) in [6.45, 7) is -0.0924. The maximum Gasteiger partial charge on any atom is 0.340 e. The fourth-order valence-electron chi connectivity index (χ4n) is 3.92. The third-order valence-electron chi connectivity index (χ3n) is 5.54. The van der Waals surface area contributed by atoms with Gasteiger partial charge in [-0.25, -0.2) is 4.68 Å². The highest BCUT2D eigenvalue weighted by molar-refractivity contribution is 7.70. The summed E-state index contributed by atoms with van der Waals surface area (Å²) in [7, 11) is -9.41. The van der Waals surface area contributed by atoms with Crippen molar-refractivity contribution in [3.63, 3.8) is 0 Å². The van der Waals surface area contributed by atoms with Crippen LogP contribution in [-0.2, 0) is 20.2 Å². The Kier molecular flexibility index (Phi) is 7.58. The minimum Gasteiger partial charge on any atom is -0.390 e. The maximum atomic E-state index is 11.9. The minimum atomic E-state index is -4.80. The molecule has 190 valence electrons. The Morgan fingerprint density at radius 3 is 2.51 bits per heavy atom. The second kappa shape index (κ2) is 10.2. The van der Waals surface area contributed by atoms with Crippen LogP contribution in [0.25, 0.3) is 11.2 Å². The molecule has 1 aliphatic rings. The molecule has 0 aliphatic heterocycles. The standard InChI is InChI=1S/C18H23ClN6O8P2/c19-18-21-16(20-7-10-4-2-1-3-5-10)13-17(22-18)25(24-23-13)12-6-11(14(26)15(12)27)8-33-35(31,32)9-34(28,29)30/h1-5,11-12,14-15,26-27H,6-9H2,(H,31,32)(H,20,21,22)(H2,28,29,30)/t11-,12-,14-,15+/m1/s1. The van der Waals surface area contributed by atoms with Crippen LogP contribution >= 0.6 is 26.8 Å². The van der Waals surface area contributed by atoms with Crippen molar-refractivity contribution < 1.29 is 38.5 Å². The molecule has 2 aromatic heterocycles. The molecule has 0 amide bonds. The first kappa shape index (κ1) is 26.1. The molecule has 0 bridgehead atoms. The Balaban J connectivity index is 1.52. The van der Waals surface area contributed by atoms with Crippen LogP contribution in [0.2, 0.25) is 5.28 Å². The third-order valence-corrected chi connectivity index (χ3v) is 9.16. The molecular formula is C18H23ClN6O8P2. The van der Waals surface area contributed by atoms with Gasteiger partial charge in [-0.1, -0.05) is 35.5 Å². The van der Waals surface area contributed by atoms with Crippen LogP contribution in [0.15, 0.2) is 30.3 Å². The summed E-state index contributed by atoms with van der Waals surface area (Å²) in [6.07, 6.45) is -2.68. The minimum absolute atomic E-state index is 0.0467. The van der Waals surface area contributed by atoms with E-state index in [0.717, 1.165) is 5.56 Å². The highest BCUT2D eigenvalue weighted by Gasteiger charge is 2.45. The Hall–Kier alpha value is -1.99. The van der Waals surface area contributed by atoms with Crippen molar-refractivity contribution >= 4 is 43.8 Å². The summed E-state index contributed by atoms with van der Waals surface area (Å²) < 4.78 is 29.1. The number of aliphatic hydroxyl groups is 2. The van der Waals surface area contributed by atoms with Crippen LogP contribution in [0.1, 0.15) is 18.0 Å². The van der Waals surface area contributed by atoms with E-state index in [2.05, 4.69) is 25.6 Å². The molecule has 1 unspecified atom stereocenters. The molecule has 14 nitrogen and oxygen atoms in total. The number of anilines is 1. The second-order valence-corrected chi connectivity index (χ2v) is 12.5. The number of hydrogen-bond acceptors (Lipinski definition) is 10. The van der Waals surface area contributed by atoms with Gasteiger partial charge in [0.15, 0.2) is 22.9 Å². The van der Waals surface area contributed by atoms with Gasteiger partial charge in [0.25, 0.3) is 0 Å². The molecule has 5 atom stereocenters. The van der Waals surface area contributed by atoms with Crippen molar-refractivity contribution in [1.29, 1.82) is 0 Å². The van der Waals surface area contributed by atoms with Crippen LogP contribution in [-0.4, -0.2) is 74.6 Å². The molecule has 2 heterocycles. The number of benzene rings is 1. The second-order valence-electron chi connectivity index (χ2n) is 8.17. The molecule has 6 N–H and O–H groups in total. The van der Waals surface area contributed by atoms with Gasteiger partial charge < -0.3 is 34.7 Å². The molecule has 1 saturated carbocycles. The molecule has 4 rings (SSSR count). The van der Waals surface area contributed by atoms with Gasteiger partial charge in [-0.2, -0.15) is 9.97 Å². The fraction of sp³-hybridized carbons (Fsp3) is 0.444. The largest absolute Gasteiger partial charge is 0.390 e. The smallest absolute Gasteiger partial charge is 0.340 e. The zero-order valence-corrected chi connectivity index (χ0v) is 20.5. The molecule has 0 saturated heterocycles. The van der Waals surface area contributed by atoms with Gasteiger partial charge in [-0.05, 0) is 23.6 Å². The number of rotatable bonds is 9. The molecule has 0 radical (unpaired) electrons. The molecule has 35 heavy (non-hydrogen) atoms. The Morgan fingerprint density at radius 1 is 1.11 bits per heavy atom. The number of halogens is 1. The normalized spacial score (nSPS) is 24.5. The predicted octanol–water partition coefficient (Wildman–Crippen LogP) is 1.11. The SMILES string of the molecule is O=P(O)(O)CP(=O)(O)OC[C@H]1C[C@@H](n2nnc3c(NCc4ccccc4)nc(Cl)nc32)[C@H](O)[C@@H]1O. The lowest BCUT2D eigenvalue weighted by Gasteiger charge is -2.19. The Morgan fingerprint density at radius 2 is 1.83 bits per heavy atom. The average Bonchev–Trinajstić information content (AvgIpc) is 3.31. The van der Waals surface area contributed by atoms with Crippen LogP contribution in [0.3, 0.4) is 0 Å². The van der Waals surface area contributed by atoms with Crippen LogP contribution in [0.5, 0.6) is 0 Å². The Labute approximate surface area is 203 Å². The third kappa shape index (κ3) is 6.23. The zero-order valence-electron chi connectivity index (χ0n) is 18.0. The van der Waals surface area contributed by atoms with E-state index < -0.39 is 51.9 Å². The van der Waals surface area contributed by atoms with Crippen molar-refractivity contribution in [1.82, 2.24) is 25.0 Å². The monoisotopic (exact) mass is 548 g/mol. The van der Waals surface area contributed by atoms with Crippen molar-refractivity contribution in [2.24, 2.45) is 5.92 Å². The summed E-state index contributed by atoms with van der Waals surface area (Å²) in [5.74, 6) is -1.86. The summed E-state index contributed by atoms with van der Waals surface area (Å²) in [4.78, 5) is 35.8. The van der Waals surface area contributed by atoms with Gasteiger partial charge in [0.05, 0.1) is 18.8 Å². The van der Waals surface area contributed by atoms with E-state index in [-0.39, 0.29) is 22.9 Å². The van der Waals surface area contributed by atoms with Gasteiger partial charge in [-0.15, -0.1) is 5.10 Å². The molecule has 3 aromatic rings. The first-order valence-corrected chi connectivity index (χ1v) is 14.3. The highest BCUT2D eigenvalue weighted by Crippen LogP contribution is 2.56. The van der Waals surface area contributed by atoms with E-state index in [0.29, 0.717) is 12.4 Å². The average molecular weight is 549 g/mol. The lowest BCUT2D eigenvalue weighted by molar-refractivity contribution is -0.00362. The van der Waals surface area contributed by atoms with Gasteiger partial charge in [0, 0.05) is 12.5 Å². The number of nitrogens with one attached hydrogen (secondary N) is 1.